The van der Waals surface area contributed by atoms with Gasteiger partial charge in [0.05, 0.1) is 11.8 Å². The number of carbonyl (C=O) groups excluding carboxylic acids is 1. The fraction of sp³-hybridized carbons (Fsp3) is 0.600. The number of nitrogens with one attached hydrogen (secondary N) is 2. The zero-order valence-corrected chi connectivity index (χ0v) is 19.4. The highest BCUT2D eigenvalue weighted by atomic mass is 32.1. The monoisotopic (exact) mass is 439 g/mol. The minimum absolute atomic E-state index is 0.0152. The van der Waals surface area contributed by atoms with Gasteiger partial charge in [0.2, 0.25) is 5.91 Å². The van der Waals surface area contributed by atoms with Gasteiger partial charge in [-0.2, -0.15) is 0 Å². The van der Waals surface area contributed by atoms with Crippen molar-refractivity contribution in [3.63, 3.8) is 0 Å². The molecule has 0 aliphatic heterocycles. The number of aliphatic hydroxyl groups is 1. The molecule has 3 aliphatic rings. The average molecular weight is 440 g/mol. The molecular weight excluding hydrogens is 406 g/mol. The first kappa shape index (κ1) is 21.0. The van der Waals surface area contributed by atoms with Crippen molar-refractivity contribution in [3.05, 3.63) is 40.9 Å². The van der Waals surface area contributed by atoms with Gasteiger partial charge in [-0.3, -0.25) is 4.79 Å². The third-order valence-corrected chi connectivity index (χ3v) is 8.91. The quantitative estimate of drug-likeness (QED) is 0.622. The zero-order valence-electron chi connectivity index (χ0n) is 18.6. The Morgan fingerprint density at radius 2 is 2.00 bits per heavy atom. The van der Waals surface area contributed by atoms with E-state index in [1.807, 2.05) is 37.3 Å². The first-order valence-corrected chi connectivity index (χ1v) is 12.5. The summed E-state index contributed by atoms with van der Waals surface area (Å²) in [6.07, 6.45) is 4.62. The molecule has 1 aromatic heterocycles. The summed E-state index contributed by atoms with van der Waals surface area (Å²) >= 11 is 1.75. The van der Waals surface area contributed by atoms with Crippen LogP contribution in [0.4, 0.5) is 10.8 Å². The highest BCUT2D eigenvalue weighted by Crippen LogP contribution is 2.57. The van der Waals surface area contributed by atoms with E-state index in [-0.39, 0.29) is 35.0 Å². The standard InChI is InChI=1S/C25H33N3O2S/c1-14(23(30)26-17-9-10-17)18-11-12-25(3)13-19-21(15(2)20(25)22(18)29)28-24(31-19)27-16-7-5-4-6-8-16/h4-8,14-15,17-18,20,22,29H,9-13H2,1-3H3,(H,26,30)(H,27,28)/t14-,15-,18-,20+,22-,25-/m0/s1. The molecule has 6 atom stereocenters. The Morgan fingerprint density at radius 3 is 2.71 bits per heavy atom. The Kier molecular flexibility index (Phi) is 5.33. The first-order valence-electron chi connectivity index (χ1n) is 11.7. The van der Waals surface area contributed by atoms with Crippen LogP contribution in [-0.4, -0.2) is 28.1 Å². The van der Waals surface area contributed by atoms with E-state index in [0.29, 0.717) is 6.04 Å². The largest absolute Gasteiger partial charge is 0.392 e. The molecule has 166 valence electrons. The van der Waals surface area contributed by atoms with Crippen molar-refractivity contribution < 1.29 is 9.90 Å². The van der Waals surface area contributed by atoms with Crippen LogP contribution in [0.5, 0.6) is 0 Å². The maximum Gasteiger partial charge on any atom is 0.223 e. The van der Waals surface area contributed by atoms with Crippen LogP contribution >= 0.6 is 11.3 Å². The van der Waals surface area contributed by atoms with Crippen LogP contribution < -0.4 is 10.6 Å². The fourth-order valence-corrected chi connectivity index (χ4v) is 7.28. The van der Waals surface area contributed by atoms with Crippen molar-refractivity contribution in [2.75, 3.05) is 5.32 Å². The number of thiazole rings is 1. The van der Waals surface area contributed by atoms with E-state index in [1.54, 1.807) is 11.3 Å². The molecule has 1 aromatic carbocycles. The molecule has 1 amide bonds. The summed E-state index contributed by atoms with van der Waals surface area (Å²) in [5.74, 6) is 0.276. The maximum absolute atomic E-state index is 12.7. The molecule has 31 heavy (non-hydrogen) atoms. The molecule has 3 aliphatic carbocycles. The van der Waals surface area contributed by atoms with Crippen LogP contribution in [0, 0.1) is 23.2 Å². The van der Waals surface area contributed by atoms with E-state index >= 15 is 0 Å². The molecular formula is C25H33N3O2S. The molecule has 3 N–H and O–H groups in total. The number of rotatable bonds is 5. The number of anilines is 2. The van der Waals surface area contributed by atoms with Gasteiger partial charge in [-0.25, -0.2) is 4.98 Å². The van der Waals surface area contributed by atoms with E-state index in [4.69, 9.17) is 4.98 Å². The van der Waals surface area contributed by atoms with Gasteiger partial charge in [0, 0.05) is 28.4 Å². The molecule has 1 heterocycles. The number of aliphatic hydroxyl groups excluding tert-OH is 1. The molecule has 0 bridgehead atoms. The Balaban J connectivity index is 1.37. The van der Waals surface area contributed by atoms with Crippen molar-refractivity contribution >= 4 is 28.1 Å². The van der Waals surface area contributed by atoms with Crippen molar-refractivity contribution in [2.45, 2.75) is 70.9 Å². The maximum atomic E-state index is 12.7. The van der Waals surface area contributed by atoms with E-state index < -0.39 is 6.10 Å². The SMILES string of the molecule is C[C@H](C(=O)NC1CC1)[C@@H]1CC[C@@]2(C)Cc3sc(Nc4ccccc4)nc3[C@@H](C)[C@@H]2[C@H]1O. The molecule has 0 spiro atoms. The first-order chi connectivity index (χ1) is 14.9. The molecule has 2 saturated carbocycles. The number of para-hydroxylation sites is 1. The Bertz CT molecular complexity index is 957. The summed E-state index contributed by atoms with van der Waals surface area (Å²) in [6, 6.07) is 10.5. The molecule has 5 rings (SSSR count). The topological polar surface area (TPSA) is 74.2 Å². The third kappa shape index (κ3) is 3.89. The summed E-state index contributed by atoms with van der Waals surface area (Å²) in [7, 11) is 0. The van der Waals surface area contributed by atoms with E-state index in [1.165, 1.54) is 4.88 Å². The van der Waals surface area contributed by atoms with Crippen LogP contribution in [0.1, 0.15) is 62.9 Å². The van der Waals surface area contributed by atoms with Crippen LogP contribution in [0.25, 0.3) is 0 Å². The molecule has 5 nitrogen and oxygen atoms in total. The molecule has 0 saturated heterocycles. The fourth-order valence-electron chi connectivity index (χ4n) is 6.00. The predicted molar refractivity (Wildman–Crippen MR) is 125 cm³/mol. The van der Waals surface area contributed by atoms with Crippen LogP contribution in [-0.2, 0) is 11.2 Å². The van der Waals surface area contributed by atoms with Gasteiger partial charge in [0.25, 0.3) is 0 Å². The van der Waals surface area contributed by atoms with Gasteiger partial charge in [-0.05, 0) is 61.5 Å². The van der Waals surface area contributed by atoms with Crippen molar-refractivity contribution in [1.29, 1.82) is 0 Å². The van der Waals surface area contributed by atoms with Gasteiger partial charge in [0.15, 0.2) is 5.13 Å². The lowest BCUT2D eigenvalue weighted by Crippen LogP contribution is -2.53. The van der Waals surface area contributed by atoms with Crippen LogP contribution in [0.2, 0.25) is 0 Å². The lowest BCUT2D eigenvalue weighted by Gasteiger charge is -2.53. The molecule has 6 heteroatoms. The predicted octanol–water partition coefficient (Wildman–Crippen LogP) is 4.85. The summed E-state index contributed by atoms with van der Waals surface area (Å²) in [4.78, 5) is 19.0. The van der Waals surface area contributed by atoms with Gasteiger partial charge < -0.3 is 15.7 Å². The van der Waals surface area contributed by atoms with Gasteiger partial charge in [0.1, 0.15) is 0 Å². The summed E-state index contributed by atoms with van der Waals surface area (Å²) < 4.78 is 0. The molecule has 2 aromatic rings. The number of fused-ring (bicyclic) bond motifs is 2. The second kappa shape index (κ2) is 7.89. The lowest BCUT2D eigenvalue weighted by molar-refractivity contribution is -0.134. The number of carbonyl (C=O) groups is 1. The third-order valence-electron chi connectivity index (χ3n) is 7.93. The molecule has 0 radical (unpaired) electrons. The highest BCUT2D eigenvalue weighted by Gasteiger charge is 2.54. The van der Waals surface area contributed by atoms with Gasteiger partial charge >= 0.3 is 0 Å². The minimum atomic E-state index is -0.478. The van der Waals surface area contributed by atoms with Crippen molar-refractivity contribution in [2.24, 2.45) is 23.2 Å². The number of hydrogen-bond acceptors (Lipinski definition) is 5. The summed E-state index contributed by atoms with van der Waals surface area (Å²) in [5.41, 5.74) is 2.21. The smallest absolute Gasteiger partial charge is 0.223 e. The van der Waals surface area contributed by atoms with E-state index in [0.717, 1.165) is 48.6 Å². The summed E-state index contributed by atoms with van der Waals surface area (Å²) in [5, 5.41) is 19.0. The van der Waals surface area contributed by atoms with E-state index in [2.05, 4.69) is 24.5 Å². The second-order valence-electron chi connectivity index (χ2n) is 10.2. The number of aromatic nitrogens is 1. The molecule has 0 unspecified atom stereocenters. The van der Waals surface area contributed by atoms with Crippen LogP contribution in [0.15, 0.2) is 30.3 Å². The number of nitrogens with zero attached hydrogens (tertiary/aromatic N) is 1. The molecule has 2 fully saturated rings. The minimum Gasteiger partial charge on any atom is -0.392 e. The normalized spacial score (nSPS) is 33.2. The zero-order chi connectivity index (χ0) is 21.8. The van der Waals surface area contributed by atoms with Crippen LogP contribution in [0.3, 0.4) is 0 Å². The van der Waals surface area contributed by atoms with Gasteiger partial charge in [-0.15, -0.1) is 11.3 Å². The van der Waals surface area contributed by atoms with Crippen molar-refractivity contribution in [1.82, 2.24) is 10.3 Å². The number of hydrogen-bond donors (Lipinski definition) is 3. The second-order valence-corrected chi connectivity index (χ2v) is 11.3. The summed E-state index contributed by atoms with van der Waals surface area (Å²) in [6.45, 7) is 6.54. The number of benzene rings is 1. The highest BCUT2D eigenvalue weighted by molar-refractivity contribution is 7.15. The lowest BCUT2D eigenvalue weighted by atomic mass is 9.53. The van der Waals surface area contributed by atoms with Gasteiger partial charge in [-0.1, -0.05) is 39.0 Å². The Morgan fingerprint density at radius 1 is 1.26 bits per heavy atom. The average Bonchev–Trinajstić information content (AvgIpc) is 3.46. The Hall–Kier alpha value is -1.92. The Labute approximate surface area is 188 Å². The van der Waals surface area contributed by atoms with E-state index in [9.17, 15) is 9.90 Å². The van der Waals surface area contributed by atoms with Crippen molar-refractivity contribution in [3.8, 4) is 0 Å². The number of amides is 1.